The van der Waals surface area contributed by atoms with Crippen molar-refractivity contribution in [1.82, 2.24) is 10.2 Å². The van der Waals surface area contributed by atoms with Crippen LogP contribution in [-0.4, -0.2) is 54.2 Å². The van der Waals surface area contributed by atoms with E-state index in [0.29, 0.717) is 31.2 Å². The van der Waals surface area contributed by atoms with E-state index >= 15 is 0 Å². The third-order valence-corrected chi connectivity index (χ3v) is 5.57. The van der Waals surface area contributed by atoms with E-state index in [0.717, 1.165) is 24.8 Å². The first-order chi connectivity index (χ1) is 15.9. The van der Waals surface area contributed by atoms with E-state index in [2.05, 4.69) is 10.6 Å². The first kappa shape index (κ1) is 24.2. The monoisotopic (exact) mass is 457 g/mol. The molecule has 2 aromatic carbocycles. The van der Waals surface area contributed by atoms with E-state index in [1.165, 1.54) is 24.3 Å². The van der Waals surface area contributed by atoms with Crippen LogP contribution in [0.5, 0.6) is 0 Å². The summed E-state index contributed by atoms with van der Waals surface area (Å²) in [6.07, 6.45) is 2.53. The summed E-state index contributed by atoms with van der Waals surface area (Å²) in [6, 6.07) is 11.8. The minimum Gasteiger partial charge on any atom is -0.478 e. The number of benzene rings is 2. The van der Waals surface area contributed by atoms with Crippen LogP contribution in [0.15, 0.2) is 48.5 Å². The second-order valence-electron chi connectivity index (χ2n) is 8.00. The normalized spacial score (nSPS) is 14.0. The van der Waals surface area contributed by atoms with Crippen LogP contribution in [0.1, 0.15) is 35.2 Å². The molecule has 0 unspecified atom stereocenters. The van der Waals surface area contributed by atoms with Crippen LogP contribution in [0.4, 0.5) is 14.9 Å². The summed E-state index contributed by atoms with van der Waals surface area (Å²) >= 11 is 0. The second kappa shape index (κ2) is 12.0. The molecule has 9 heteroatoms. The molecular weight excluding hydrogens is 429 g/mol. The van der Waals surface area contributed by atoms with E-state index in [-0.39, 0.29) is 36.5 Å². The smallest absolute Gasteiger partial charge is 0.335 e. The molecular formula is C24H28FN3O5. The average Bonchev–Trinajstić information content (AvgIpc) is 2.81. The van der Waals surface area contributed by atoms with Crippen molar-refractivity contribution in [2.24, 2.45) is 5.92 Å². The van der Waals surface area contributed by atoms with Crippen molar-refractivity contribution in [2.45, 2.75) is 25.9 Å². The number of piperidine rings is 1. The van der Waals surface area contributed by atoms with Gasteiger partial charge in [-0.25, -0.2) is 14.0 Å². The van der Waals surface area contributed by atoms with Gasteiger partial charge in [0.2, 0.25) is 5.91 Å². The number of amides is 3. The van der Waals surface area contributed by atoms with Crippen molar-refractivity contribution in [2.75, 3.05) is 31.6 Å². The maximum atomic E-state index is 12.9. The molecule has 176 valence electrons. The molecule has 1 saturated heterocycles. The molecule has 3 N–H and O–H groups in total. The summed E-state index contributed by atoms with van der Waals surface area (Å²) < 4.78 is 18.2. The van der Waals surface area contributed by atoms with Crippen LogP contribution < -0.4 is 10.6 Å². The summed E-state index contributed by atoms with van der Waals surface area (Å²) in [6.45, 7) is 1.99. The maximum Gasteiger partial charge on any atom is 0.335 e. The van der Waals surface area contributed by atoms with E-state index in [4.69, 9.17) is 9.84 Å². The molecule has 0 aliphatic carbocycles. The van der Waals surface area contributed by atoms with Gasteiger partial charge in [0.25, 0.3) is 0 Å². The number of halogens is 1. The number of hydrogen-bond donors (Lipinski definition) is 3. The van der Waals surface area contributed by atoms with Gasteiger partial charge in [-0.05, 0) is 67.1 Å². The second-order valence-corrected chi connectivity index (χ2v) is 8.00. The predicted octanol–water partition coefficient (Wildman–Crippen LogP) is 3.49. The van der Waals surface area contributed by atoms with Crippen molar-refractivity contribution in [3.8, 4) is 0 Å². The van der Waals surface area contributed by atoms with Crippen LogP contribution in [0.3, 0.4) is 0 Å². The number of carbonyl (C=O) groups excluding carboxylic acids is 2. The van der Waals surface area contributed by atoms with Gasteiger partial charge in [0.15, 0.2) is 0 Å². The van der Waals surface area contributed by atoms with Gasteiger partial charge in [-0.2, -0.15) is 0 Å². The molecule has 33 heavy (non-hydrogen) atoms. The third kappa shape index (κ3) is 7.87. The molecule has 0 atom stereocenters. The summed E-state index contributed by atoms with van der Waals surface area (Å²) in [5.74, 6) is -1.09. The average molecular weight is 458 g/mol. The Hall–Kier alpha value is -3.46. The summed E-state index contributed by atoms with van der Waals surface area (Å²) in [4.78, 5) is 37.0. The highest BCUT2D eigenvalue weighted by Crippen LogP contribution is 2.21. The quantitative estimate of drug-likeness (QED) is 0.534. The van der Waals surface area contributed by atoms with Gasteiger partial charge < -0.3 is 25.4 Å². The number of carboxylic acids is 1. The van der Waals surface area contributed by atoms with Crippen LogP contribution >= 0.6 is 0 Å². The Morgan fingerprint density at radius 1 is 1.03 bits per heavy atom. The van der Waals surface area contributed by atoms with Crippen LogP contribution in [0.25, 0.3) is 0 Å². The first-order valence-electron chi connectivity index (χ1n) is 10.9. The molecule has 3 amide bonds. The maximum absolute atomic E-state index is 12.9. The van der Waals surface area contributed by atoms with Crippen molar-refractivity contribution in [1.29, 1.82) is 0 Å². The standard InChI is InChI=1S/C24H28FN3O5/c25-20-5-1-18(2-6-20)15-33-16-22(29)26-12-9-17-10-13-28(14-11-17)24(32)27-21-7-3-19(4-8-21)23(30)31/h1-8,17H,9-16H2,(H,26,29)(H,27,32)(H,30,31). The Labute approximate surface area is 191 Å². The molecule has 1 heterocycles. The van der Waals surface area contributed by atoms with Gasteiger partial charge in [0, 0.05) is 25.3 Å². The molecule has 1 aliphatic heterocycles. The Kier molecular flexibility index (Phi) is 8.77. The molecule has 0 aromatic heterocycles. The van der Waals surface area contributed by atoms with E-state index in [9.17, 15) is 18.8 Å². The number of nitrogens with one attached hydrogen (secondary N) is 2. The fraction of sp³-hybridized carbons (Fsp3) is 0.375. The summed E-state index contributed by atoms with van der Waals surface area (Å²) in [7, 11) is 0. The van der Waals surface area contributed by atoms with Crippen molar-refractivity contribution in [3.05, 3.63) is 65.5 Å². The van der Waals surface area contributed by atoms with Gasteiger partial charge in [-0.3, -0.25) is 4.79 Å². The first-order valence-corrected chi connectivity index (χ1v) is 10.9. The van der Waals surface area contributed by atoms with Crippen molar-refractivity contribution in [3.63, 3.8) is 0 Å². The number of likely N-dealkylation sites (tertiary alicyclic amines) is 1. The fourth-order valence-electron chi connectivity index (χ4n) is 3.63. The topological polar surface area (TPSA) is 108 Å². The van der Waals surface area contributed by atoms with Crippen molar-refractivity contribution >= 4 is 23.6 Å². The lowest BCUT2D eigenvalue weighted by atomic mass is 9.94. The molecule has 8 nitrogen and oxygen atoms in total. The highest BCUT2D eigenvalue weighted by atomic mass is 19.1. The molecule has 0 radical (unpaired) electrons. The SMILES string of the molecule is O=C(COCc1ccc(F)cc1)NCCC1CCN(C(=O)Nc2ccc(C(=O)O)cc2)CC1. The Morgan fingerprint density at radius 3 is 2.33 bits per heavy atom. The number of carboxylic acid groups (broad SMARTS) is 1. The zero-order valence-electron chi connectivity index (χ0n) is 18.3. The zero-order chi connectivity index (χ0) is 23.6. The van der Waals surface area contributed by atoms with E-state index < -0.39 is 5.97 Å². The number of hydrogen-bond acceptors (Lipinski definition) is 4. The van der Waals surface area contributed by atoms with Gasteiger partial charge >= 0.3 is 12.0 Å². The lowest BCUT2D eigenvalue weighted by molar-refractivity contribution is -0.126. The minimum atomic E-state index is -1.01. The van der Waals surface area contributed by atoms with Crippen LogP contribution in [-0.2, 0) is 16.1 Å². The molecule has 3 rings (SSSR count). The Bertz CT molecular complexity index is 942. The molecule has 0 bridgehead atoms. The van der Waals surface area contributed by atoms with Crippen LogP contribution in [0.2, 0.25) is 0 Å². The van der Waals surface area contributed by atoms with Gasteiger partial charge in [0.1, 0.15) is 12.4 Å². The lowest BCUT2D eigenvalue weighted by Crippen LogP contribution is -2.41. The molecule has 0 saturated carbocycles. The Balaban J connectivity index is 1.28. The number of nitrogens with zero attached hydrogens (tertiary/aromatic N) is 1. The van der Waals surface area contributed by atoms with Crippen LogP contribution in [0, 0.1) is 11.7 Å². The Morgan fingerprint density at radius 2 is 1.70 bits per heavy atom. The van der Waals surface area contributed by atoms with Gasteiger partial charge in [-0.1, -0.05) is 12.1 Å². The molecule has 2 aromatic rings. The molecule has 0 spiro atoms. The number of carbonyl (C=O) groups is 3. The van der Waals surface area contributed by atoms with Gasteiger partial charge in [-0.15, -0.1) is 0 Å². The minimum absolute atomic E-state index is 0.0521. The third-order valence-electron chi connectivity index (χ3n) is 5.57. The number of urea groups is 1. The van der Waals surface area contributed by atoms with E-state index in [1.807, 2.05) is 0 Å². The summed E-state index contributed by atoms with van der Waals surface area (Å²) in [5, 5.41) is 14.6. The number of aromatic carboxylic acids is 1. The molecule has 1 aliphatic rings. The largest absolute Gasteiger partial charge is 0.478 e. The fourth-order valence-corrected chi connectivity index (χ4v) is 3.63. The number of anilines is 1. The lowest BCUT2D eigenvalue weighted by Gasteiger charge is -2.32. The van der Waals surface area contributed by atoms with E-state index in [1.54, 1.807) is 29.2 Å². The highest BCUT2D eigenvalue weighted by Gasteiger charge is 2.22. The number of ether oxygens (including phenoxy) is 1. The van der Waals surface area contributed by atoms with Crippen molar-refractivity contribution < 1.29 is 28.6 Å². The molecule has 1 fully saturated rings. The zero-order valence-corrected chi connectivity index (χ0v) is 18.3. The van der Waals surface area contributed by atoms with Gasteiger partial charge in [0.05, 0.1) is 12.2 Å². The highest BCUT2D eigenvalue weighted by molar-refractivity contribution is 5.91. The number of rotatable bonds is 9. The predicted molar refractivity (Wildman–Crippen MR) is 120 cm³/mol. The summed E-state index contributed by atoms with van der Waals surface area (Å²) in [5.41, 5.74) is 1.52.